The van der Waals surface area contributed by atoms with Crippen LogP contribution in [-0.4, -0.2) is 26.2 Å². The zero-order chi connectivity index (χ0) is 19.7. The predicted octanol–water partition coefficient (Wildman–Crippen LogP) is 4.01. The highest BCUT2D eigenvalue weighted by Gasteiger charge is 2.35. The number of nitrogens with zero attached hydrogens (tertiary/aromatic N) is 2. The number of halogens is 3. The van der Waals surface area contributed by atoms with E-state index in [9.17, 15) is 17.7 Å². The van der Waals surface area contributed by atoms with E-state index in [1.165, 1.54) is 7.11 Å². The van der Waals surface area contributed by atoms with Gasteiger partial charge in [-0.05, 0) is 45.4 Å². The second kappa shape index (κ2) is 7.50. The standard InChI is InChI=1S/C17H22F3N3O2S/c1-11(22-26(24)16(2,3)4)12-6-8-13(9-7-12)23-15(25-5)10-14(21-23)17(18,19)20/h6-11,22H,1-5H3. The SMILES string of the molecule is COc1cc(C(F)(F)F)nn1-c1ccc(C(C)N[S+]([O-])C(C)(C)C)cc1. The largest absolute Gasteiger partial charge is 0.598 e. The van der Waals surface area contributed by atoms with Gasteiger partial charge in [-0.25, -0.2) is 4.68 Å². The van der Waals surface area contributed by atoms with Crippen LogP contribution in [0.4, 0.5) is 13.2 Å². The number of methoxy groups -OCH3 is 1. The molecule has 0 bridgehead atoms. The molecule has 1 heterocycles. The Morgan fingerprint density at radius 3 is 2.23 bits per heavy atom. The first-order valence-electron chi connectivity index (χ1n) is 7.93. The smallest absolute Gasteiger partial charge is 0.435 e. The first-order chi connectivity index (χ1) is 11.9. The number of ether oxygens (including phenoxy) is 1. The molecule has 5 nitrogen and oxygen atoms in total. The van der Waals surface area contributed by atoms with Crippen LogP contribution in [0.5, 0.6) is 5.88 Å². The Morgan fingerprint density at radius 1 is 1.19 bits per heavy atom. The van der Waals surface area contributed by atoms with Crippen molar-refractivity contribution < 1.29 is 22.5 Å². The molecule has 2 aromatic rings. The Bertz CT molecular complexity index is 739. The van der Waals surface area contributed by atoms with E-state index in [1.54, 1.807) is 24.3 Å². The molecule has 0 fully saturated rings. The van der Waals surface area contributed by atoms with Crippen molar-refractivity contribution in [3.63, 3.8) is 0 Å². The summed E-state index contributed by atoms with van der Waals surface area (Å²) >= 11 is -1.23. The van der Waals surface area contributed by atoms with Crippen LogP contribution in [0, 0.1) is 0 Å². The zero-order valence-electron chi connectivity index (χ0n) is 15.2. The van der Waals surface area contributed by atoms with Gasteiger partial charge in [0.05, 0.1) is 18.8 Å². The summed E-state index contributed by atoms with van der Waals surface area (Å²) in [7, 11) is 1.29. The van der Waals surface area contributed by atoms with Gasteiger partial charge in [0.1, 0.15) is 4.75 Å². The normalized spacial score (nSPS) is 15.0. The lowest BCUT2D eigenvalue weighted by molar-refractivity contribution is -0.141. The van der Waals surface area contributed by atoms with Crippen LogP contribution < -0.4 is 9.46 Å². The Kier molecular flexibility index (Phi) is 5.94. The fourth-order valence-electron chi connectivity index (χ4n) is 2.14. The number of benzene rings is 1. The maximum atomic E-state index is 12.9. The minimum atomic E-state index is -4.55. The number of hydrogen-bond donors (Lipinski definition) is 1. The third kappa shape index (κ3) is 4.72. The van der Waals surface area contributed by atoms with E-state index in [0.717, 1.165) is 16.3 Å². The molecule has 2 atom stereocenters. The molecule has 0 spiro atoms. The molecule has 0 saturated carbocycles. The van der Waals surface area contributed by atoms with Gasteiger partial charge in [0.15, 0.2) is 5.69 Å². The lowest BCUT2D eigenvalue weighted by atomic mass is 10.1. The summed E-state index contributed by atoms with van der Waals surface area (Å²) < 4.78 is 59.4. The average molecular weight is 389 g/mol. The molecule has 1 aromatic heterocycles. The van der Waals surface area contributed by atoms with E-state index < -0.39 is 28.0 Å². The minimum absolute atomic E-state index is 0.00918. The van der Waals surface area contributed by atoms with Gasteiger partial charge in [-0.2, -0.15) is 18.3 Å². The maximum absolute atomic E-state index is 12.9. The van der Waals surface area contributed by atoms with Crippen molar-refractivity contribution in [2.75, 3.05) is 7.11 Å². The fourth-order valence-corrected chi connectivity index (χ4v) is 2.95. The summed E-state index contributed by atoms with van der Waals surface area (Å²) in [5.41, 5.74) is 0.271. The molecule has 1 aromatic carbocycles. The minimum Gasteiger partial charge on any atom is -0.598 e. The van der Waals surface area contributed by atoms with Crippen LogP contribution in [-0.2, 0) is 17.5 Å². The van der Waals surface area contributed by atoms with Crippen molar-refractivity contribution in [3.05, 3.63) is 41.6 Å². The van der Waals surface area contributed by atoms with E-state index in [4.69, 9.17) is 4.74 Å². The number of alkyl halides is 3. The molecule has 0 aliphatic rings. The molecule has 144 valence electrons. The van der Waals surface area contributed by atoms with Crippen molar-refractivity contribution >= 4 is 11.4 Å². The van der Waals surface area contributed by atoms with Crippen LogP contribution in [0.25, 0.3) is 5.69 Å². The lowest BCUT2D eigenvalue weighted by Crippen LogP contribution is -2.40. The molecule has 0 amide bonds. The first-order valence-corrected chi connectivity index (χ1v) is 9.08. The van der Waals surface area contributed by atoms with Crippen LogP contribution in [0.15, 0.2) is 30.3 Å². The van der Waals surface area contributed by atoms with E-state index in [2.05, 4.69) is 9.82 Å². The van der Waals surface area contributed by atoms with E-state index in [0.29, 0.717) is 5.69 Å². The molecule has 1 N–H and O–H groups in total. The van der Waals surface area contributed by atoms with Crippen molar-refractivity contribution in [1.29, 1.82) is 0 Å². The molecule has 2 rings (SSSR count). The Morgan fingerprint density at radius 2 is 1.77 bits per heavy atom. The van der Waals surface area contributed by atoms with Gasteiger partial charge in [0.2, 0.25) is 5.88 Å². The molecule has 2 unspecified atom stereocenters. The van der Waals surface area contributed by atoms with E-state index >= 15 is 0 Å². The lowest BCUT2D eigenvalue weighted by Gasteiger charge is -2.26. The van der Waals surface area contributed by atoms with Gasteiger partial charge in [-0.1, -0.05) is 12.1 Å². The quantitative estimate of drug-likeness (QED) is 0.785. The van der Waals surface area contributed by atoms with Crippen molar-refractivity contribution in [1.82, 2.24) is 14.5 Å². The molecule has 26 heavy (non-hydrogen) atoms. The predicted molar refractivity (Wildman–Crippen MR) is 94.6 cm³/mol. The third-order valence-corrected chi connectivity index (χ3v) is 5.33. The van der Waals surface area contributed by atoms with Gasteiger partial charge in [-0.15, -0.1) is 4.72 Å². The average Bonchev–Trinajstić information content (AvgIpc) is 2.98. The van der Waals surface area contributed by atoms with Gasteiger partial charge in [0.25, 0.3) is 0 Å². The summed E-state index contributed by atoms with van der Waals surface area (Å²) in [5, 5.41) is 3.58. The monoisotopic (exact) mass is 389 g/mol. The third-order valence-electron chi connectivity index (χ3n) is 3.65. The number of aromatic nitrogens is 2. The number of rotatable bonds is 5. The van der Waals surface area contributed by atoms with Crippen LogP contribution >= 0.6 is 0 Å². The number of hydrogen-bond acceptors (Lipinski definition) is 4. The molecule has 0 saturated heterocycles. The Labute approximate surface area is 153 Å². The number of nitrogens with one attached hydrogen (secondary N) is 1. The molecule has 0 aliphatic heterocycles. The van der Waals surface area contributed by atoms with Gasteiger partial charge in [-0.3, -0.25) is 0 Å². The highest BCUT2D eigenvalue weighted by Crippen LogP contribution is 2.32. The summed E-state index contributed by atoms with van der Waals surface area (Å²) in [6.45, 7) is 7.48. The first kappa shape index (κ1) is 20.6. The van der Waals surface area contributed by atoms with Crippen LogP contribution in [0.1, 0.15) is 45.0 Å². The summed E-state index contributed by atoms with van der Waals surface area (Å²) in [4.78, 5) is 0. The van der Waals surface area contributed by atoms with E-state index in [-0.39, 0.29) is 11.9 Å². The highest BCUT2D eigenvalue weighted by molar-refractivity contribution is 7.90. The van der Waals surface area contributed by atoms with Crippen LogP contribution in [0.3, 0.4) is 0 Å². The highest BCUT2D eigenvalue weighted by atomic mass is 32.2. The Hall–Kier alpha value is -1.71. The van der Waals surface area contributed by atoms with Crippen molar-refractivity contribution in [3.8, 4) is 11.6 Å². The van der Waals surface area contributed by atoms with Gasteiger partial charge >= 0.3 is 6.18 Å². The second-order valence-corrected chi connectivity index (χ2v) is 8.79. The molecular weight excluding hydrogens is 367 g/mol. The molecule has 0 aliphatic carbocycles. The topological polar surface area (TPSA) is 62.1 Å². The Balaban J connectivity index is 2.23. The summed E-state index contributed by atoms with van der Waals surface area (Å²) in [5.74, 6) is -0.00918. The maximum Gasteiger partial charge on any atom is 0.435 e. The van der Waals surface area contributed by atoms with Crippen molar-refractivity contribution in [2.45, 2.75) is 44.7 Å². The second-order valence-electron chi connectivity index (χ2n) is 6.79. The van der Waals surface area contributed by atoms with E-state index in [1.807, 2.05) is 27.7 Å². The molecule has 9 heteroatoms. The van der Waals surface area contributed by atoms with Crippen LogP contribution in [0.2, 0.25) is 0 Å². The fraction of sp³-hybridized carbons (Fsp3) is 0.471. The zero-order valence-corrected chi connectivity index (χ0v) is 16.0. The van der Waals surface area contributed by atoms with Gasteiger partial charge in [0, 0.05) is 17.4 Å². The molecular formula is C17H22F3N3O2S. The summed E-state index contributed by atoms with van der Waals surface area (Å²) in [6.07, 6.45) is -4.55. The summed E-state index contributed by atoms with van der Waals surface area (Å²) in [6, 6.07) is 7.45. The molecule has 0 radical (unpaired) electrons. The van der Waals surface area contributed by atoms with Gasteiger partial charge < -0.3 is 9.29 Å². The van der Waals surface area contributed by atoms with Crippen molar-refractivity contribution in [2.24, 2.45) is 0 Å².